The molecule has 0 aliphatic carbocycles. The Balaban J connectivity index is 2.21. The highest BCUT2D eigenvalue weighted by Crippen LogP contribution is 2.16. The maximum atomic E-state index is 12.2. The average molecular weight is 358 g/mol. The van der Waals surface area contributed by atoms with Crippen molar-refractivity contribution < 1.29 is 13.2 Å². The predicted molar refractivity (Wildman–Crippen MR) is 86.2 cm³/mol. The zero-order valence-corrected chi connectivity index (χ0v) is 14.4. The molecule has 0 aliphatic heterocycles. The number of rotatable bonds is 6. The second-order valence-electron chi connectivity index (χ2n) is 4.71. The second kappa shape index (κ2) is 7.07. The highest BCUT2D eigenvalue weighted by atomic mass is 35.5. The summed E-state index contributed by atoms with van der Waals surface area (Å²) in [7, 11) is 1.22. The average Bonchev–Trinajstić information content (AvgIpc) is 2.52. The van der Waals surface area contributed by atoms with Gasteiger partial charge in [-0.25, -0.2) is 13.1 Å². The lowest BCUT2D eigenvalue weighted by molar-refractivity contribution is 0.375. The van der Waals surface area contributed by atoms with Crippen molar-refractivity contribution in [1.29, 1.82) is 0 Å². The van der Waals surface area contributed by atoms with Crippen molar-refractivity contribution in [2.45, 2.75) is 11.4 Å². The number of benzene rings is 1. The number of nitrogens with zero attached hydrogens (tertiary/aromatic N) is 4. The molecule has 8 nitrogen and oxygen atoms in total. The second-order valence-corrected chi connectivity index (χ2v) is 6.92. The number of hydrogen-bond donors (Lipinski definition) is 1. The first-order valence-corrected chi connectivity index (χ1v) is 8.39. The number of methoxy groups -OCH3 is 1. The minimum absolute atomic E-state index is 0.0684. The molecule has 0 unspecified atom stereocenters. The van der Waals surface area contributed by atoms with Gasteiger partial charge in [-0.2, -0.15) is 15.0 Å². The molecular formula is C13H16ClN5O3S. The van der Waals surface area contributed by atoms with E-state index in [-0.39, 0.29) is 23.3 Å². The summed E-state index contributed by atoms with van der Waals surface area (Å²) in [6.45, 7) is -0.103. The van der Waals surface area contributed by atoms with E-state index in [0.29, 0.717) is 11.0 Å². The van der Waals surface area contributed by atoms with Crippen LogP contribution in [0.2, 0.25) is 5.02 Å². The molecule has 2 rings (SSSR count). The molecule has 0 spiro atoms. The molecule has 0 fully saturated rings. The zero-order valence-electron chi connectivity index (χ0n) is 12.8. The number of hydrogen-bond acceptors (Lipinski definition) is 7. The van der Waals surface area contributed by atoms with Gasteiger partial charge in [-0.05, 0) is 18.2 Å². The van der Waals surface area contributed by atoms with Crippen molar-refractivity contribution >= 4 is 27.6 Å². The van der Waals surface area contributed by atoms with Gasteiger partial charge >= 0.3 is 6.01 Å². The summed E-state index contributed by atoms with van der Waals surface area (Å²) in [6.07, 6.45) is 0. The molecular weight excluding hydrogens is 342 g/mol. The fraction of sp³-hybridized carbons (Fsp3) is 0.308. The smallest absolute Gasteiger partial charge is 0.321 e. The lowest BCUT2D eigenvalue weighted by Crippen LogP contribution is -2.25. The number of sulfonamides is 1. The fourth-order valence-electron chi connectivity index (χ4n) is 1.63. The molecule has 0 saturated heterocycles. The summed E-state index contributed by atoms with van der Waals surface area (Å²) in [5.41, 5.74) is 0. The standard InChI is InChI=1S/C13H16ClN5O3S/c1-19(2)12-16-11(17-13(18-12)22-3)8-15-23(20,21)10-6-4-5-9(14)7-10/h4-7,15H,8H2,1-3H3. The molecule has 0 aliphatic rings. The van der Waals surface area contributed by atoms with Crippen molar-refractivity contribution in [3.05, 3.63) is 35.1 Å². The van der Waals surface area contributed by atoms with Crippen LogP contribution in [0.25, 0.3) is 0 Å². The first-order valence-electron chi connectivity index (χ1n) is 6.53. The summed E-state index contributed by atoms with van der Waals surface area (Å²) < 4.78 is 31.9. The Bertz CT molecular complexity index is 798. The highest BCUT2D eigenvalue weighted by molar-refractivity contribution is 7.89. The summed E-state index contributed by atoms with van der Waals surface area (Å²) in [5, 5.41) is 0.338. The van der Waals surface area contributed by atoms with E-state index in [1.165, 1.54) is 19.2 Å². The molecule has 2 aromatic rings. The molecule has 1 aromatic heterocycles. The lowest BCUT2D eigenvalue weighted by atomic mass is 10.4. The van der Waals surface area contributed by atoms with Gasteiger partial charge in [-0.1, -0.05) is 17.7 Å². The minimum atomic E-state index is -3.72. The van der Waals surface area contributed by atoms with Gasteiger partial charge < -0.3 is 9.64 Å². The van der Waals surface area contributed by atoms with Crippen LogP contribution in [-0.2, 0) is 16.6 Å². The summed E-state index contributed by atoms with van der Waals surface area (Å²) in [6, 6.07) is 6.09. The summed E-state index contributed by atoms with van der Waals surface area (Å²) in [4.78, 5) is 14.0. The quantitative estimate of drug-likeness (QED) is 0.826. The Labute approximate surface area is 139 Å². The number of anilines is 1. The predicted octanol–water partition coefficient (Wildman–Crippen LogP) is 1.08. The van der Waals surface area contributed by atoms with Gasteiger partial charge in [0.15, 0.2) is 5.82 Å². The first-order chi connectivity index (χ1) is 10.8. The van der Waals surface area contributed by atoms with Gasteiger partial charge in [-0.3, -0.25) is 0 Å². The van der Waals surface area contributed by atoms with E-state index in [4.69, 9.17) is 16.3 Å². The van der Waals surface area contributed by atoms with Crippen molar-refractivity contribution in [1.82, 2.24) is 19.7 Å². The number of aromatic nitrogens is 3. The van der Waals surface area contributed by atoms with E-state index >= 15 is 0 Å². The topological polar surface area (TPSA) is 97.3 Å². The molecule has 1 N–H and O–H groups in total. The maximum absolute atomic E-state index is 12.2. The minimum Gasteiger partial charge on any atom is -0.467 e. The van der Waals surface area contributed by atoms with E-state index in [1.807, 2.05) is 0 Å². The van der Waals surface area contributed by atoms with E-state index in [1.54, 1.807) is 31.1 Å². The van der Waals surface area contributed by atoms with Gasteiger partial charge in [-0.15, -0.1) is 0 Å². The third kappa shape index (κ3) is 4.50. The van der Waals surface area contributed by atoms with Crippen LogP contribution in [0.5, 0.6) is 6.01 Å². The molecule has 1 aromatic carbocycles. The van der Waals surface area contributed by atoms with Gasteiger partial charge in [0.1, 0.15) is 0 Å². The molecule has 0 bridgehead atoms. The number of nitrogens with one attached hydrogen (secondary N) is 1. The molecule has 0 saturated carbocycles. The molecule has 0 radical (unpaired) electrons. The van der Waals surface area contributed by atoms with Crippen molar-refractivity contribution in [2.24, 2.45) is 0 Å². The molecule has 23 heavy (non-hydrogen) atoms. The van der Waals surface area contributed by atoms with Crippen LogP contribution in [0.4, 0.5) is 5.95 Å². The summed E-state index contributed by atoms with van der Waals surface area (Å²) in [5.74, 6) is 0.611. The Kier molecular flexibility index (Phi) is 5.34. The SMILES string of the molecule is COc1nc(CNS(=O)(=O)c2cccc(Cl)c2)nc(N(C)C)n1. The normalized spacial score (nSPS) is 11.3. The van der Waals surface area contributed by atoms with Gasteiger partial charge in [0.2, 0.25) is 16.0 Å². The van der Waals surface area contributed by atoms with Crippen LogP contribution >= 0.6 is 11.6 Å². The van der Waals surface area contributed by atoms with Gasteiger partial charge in [0.05, 0.1) is 18.6 Å². The van der Waals surface area contributed by atoms with E-state index < -0.39 is 10.0 Å². The van der Waals surface area contributed by atoms with Gasteiger partial charge in [0, 0.05) is 19.1 Å². The largest absolute Gasteiger partial charge is 0.467 e. The van der Waals surface area contributed by atoms with Crippen LogP contribution in [-0.4, -0.2) is 44.6 Å². The first kappa shape index (κ1) is 17.4. The Morgan fingerprint density at radius 1 is 1.26 bits per heavy atom. The lowest BCUT2D eigenvalue weighted by Gasteiger charge is -2.12. The summed E-state index contributed by atoms with van der Waals surface area (Å²) >= 11 is 5.82. The maximum Gasteiger partial charge on any atom is 0.321 e. The van der Waals surface area contributed by atoms with Crippen molar-refractivity contribution in [3.63, 3.8) is 0 Å². The van der Waals surface area contributed by atoms with Crippen molar-refractivity contribution in [3.8, 4) is 6.01 Å². The number of ether oxygens (including phenoxy) is 1. The Morgan fingerprint density at radius 3 is 2.61 bits per heavy atom. The third-order valence-corrected chi connectivity index (χ3v) is 4.39. The fourth-order valence-corrected chi connectivity index (χ4v) is 2.91. The highest BCUT2D eigenvalue weighted by Gasteiger charge is 2.16. The molecule has 0 atom stereocenters. The van der Waals surface area contributed by atoms with Crippen LogP contribution < -0.4 is 14.4 Å². The van der Waals surface area contributed by atoms with E-state index in [2.05, 4.69) is 19.7 Å². The van der Waals surface area contributed by atoms with Crippen LogP contribution in [0.3, 0.4) is 0 Å². The van der Waals surface area contributed by atoms with Crippen LogP contribution in [0.15, 0.2) is 29.2 Å². The van der Waals surface area contributed by atoms with E-state index in [0.717, 1.165) is 0 Å². The van der Waals surface area contributed by atoms with E-state index in [9.17, 15) is 8.42 Å². The van der Waals surface area contributed by atoms with Crippen LogP contribution in [0, 0.1) is 0 Å². The monoisotopic (exact) mass is 357 g/mol. The third-order valence-electron chi connectivity index (χ3n) is 2.76. The van der Waals surface area contributed by atoms with Crippen molar-refractivity contribution in [2.75, 3.05) is 26.1 Å². The molecule has 0 amide bonds. The Hall–Kier alpha value is -1.97. The molecule has 1 heterocycles. The molecule has 124 valence electrons. The number of halogens is 1. The van der Waals surface area contributed by atoms with Crippen LogP contribution in [0.1, 0.15) is 5.82 Å². The zero-order chi connectivity index (χ0) is 17.0. The van der Waals surface area contributed by atoms with Gasteiger partial charge in [0.25, 0.3) is 0 Å². The Morgan fingerprint density at radius 2 is 2.00 bits per heavy atom. The molecule has 10 heteroatoms.